The molecule has 0 saturated carbocycles. The lowest BCUT2D eigenvalue weighted by atomic mass is 10.1. The van der Waals surface area contributed by atoms with Gasteiger partial charge in [-0.25, -0.2) is 26.4 Å². The minimum absolute atomic E-state index is 0.0109. The number of aromatic carboxylic acids is 1. The van der Waals surface area contributed by atoms with E-state index >= 15 is 0 Å². The van der Waals surface area contributed by atoms with Gasteiger partial charge >= 0.3 is 5.97 Å². The van der Waals surface area contributed by atoms with Gasteiger partial charge in [-0.05, 0) is 25.2 Å². The topological polar surface area (TPSA) is 157 Å². The van der Waals surface area contributed by atoms with Gasteiger partial charge in [0.2, 0.25) is 15.8 Å². The molecule has 0 saturated heterocycles. The van der Waals surface area contributed by atoms with E-state index in [0.29, 0.717) is 0 Å². The molecule has 2 rings (SSSR count). The van der Waals surface area contributed by atoms with Gasteiger partial charge in [0.25, 0.3) is 10.0 Å². The van der Waals surface area contributed by atoms with E-state index in [1.807, 2.05) is 0 Å². The van der Waals surface area contributed by atoms with Crippen molar-refractivity contribution in [1.29, 1.82) is 0 Å². The zero-order chi connectivity index (χ0) is 22.7. The second-order valence-corrected chi connectivity index (χ2v) is 9.23. The highest BCUT2D eigenvalue weighted by atomic mass is 32.2. The first kappa shape index (κ1) is 23.3. The summed E-state index contributed by atoms with van der Waals surface area (Å²) in [6, 6.07) is 5.61. The lowest BCUT2D eigenvalue weighted by Gasteiger charge is -2.19. The number of ether oxygens (including phenoxy) is 3. The number of carboxylic acid groups (broad SMARTS) is 1. The molecule has 2 aromatic carbocycles. The Balaban J connectivity index is 2.69. The first-order valence-corrected chi connectivity index (χ1v) is 11.1. The zero-order valence-corrected chi connectivity index (χ0v) is 18.0. The minimum atomic E-state index is -4.42. The van der Waals surface area contributed by atoms with Crippen molar-refractivity contribution >= 4 is 31.7 Å². The van der Waals surface area contributed by atoms with Crippen LogP contribution in [0.2, 0.25) is 0 Å². The molecular weight excluding hydrogens is 440 g/mol. The van der Waals surface area contributed by atoms with Crippen molar-refractivity contribution in [3.05, 3.63) is 35.9 Å². The molecule has 0 fully saturated rings. The molecule has 0 aromatic heterocycles. The molecule has 0 aliphatic heterocycles. The van der Waals surface area contributed by atoms with Crippen LogP contribution < -0.4 is 23.7 Å². The third-order valence-electron chi connectivity index (χ3n) is 3.99. The highest BCUT2D eigenvalue weighted by Gasteiger charge is 2.28. The zero-order valence-electron chi connectivity index (χ0n) is 16.4. The van der Waals surface area contributed by atoms with Gasteiger partial charge in [0, 0.05) is 6.07 Å². The van der Waals surface area contributed by atoms with Crippen LogP contribution in [0.3, 0.4) is 0 Å². The molecule has 0 radical (unpaired) electrons. The normalized spacial score (nSPS) is 11.6. The Bertz CT molecular complexity index is 1180. The van der Waals surface area contributed by atoms with E-state index < -0.39 is 42.2 Å². The Labute approximate surface area is 173 Å². The number of methoxy groups -OCH3 is 3. The van der Waals surface area contributed by atoms with Gasteiger partial charge in [-0.1, -0.05) is 6.07 Å². The molecular formula is C17H20N2O9S2. The molecule has 0 unspecified atom stereocenters. The van der Waals surface area contributed by atoms with Crippen molar-refractivity contribution < 1.29 is 40.9 Å². The van der Waals surface area contributed by atoms with E-state index in [9.17, 15) is 26.7 Å². The molecule has 0 spiro atoms. The van der Waals surface area contributed by atoms with Crippen molar-refractivity contribution in [2.75, 3.05) is 33.1 Å². The maximum atomic E-state index is 12.9. The van der Waals surface area contributed by atoms with Crippen molar-refractivity contribution in [1.82, 2.24) is 4.72 Å². The van der Waals surface area contributed by atoms with Crippen LogP contribution in [0.15, 0.2) is 40.1 Å². The summed E-state index contributed by atoms with van der Waals surface area (Å²) < 4.78 is 69.5. The predicted molar refractivity (Wildman–Crippen MR) is 107 cm³/mol. The van der Waals surface area contributed by atoms with Gasteiger partial charge in [0.05, 0.1) is 36.7 Å². The average molecular weight is 460 g/mol. The summed E-state index contributed by atoms with van der Waals surface area (Å²) in [6.07, 6.45) is 0. The second-order valence-electron chi connectivity index (χ2n) is 5.66. The standard InChI is InChI=1S/C17H20N2O9S2/c1-18-29(22,23)10-6-5-7-11(8-10)30(24,25)19-14-12(17(20)21)9-13(26-2)15(27-3)16(14)28-4/h5-9,18-19H,1-4H3,(H,20,21). The maximum Gasteiger partial charge on any atom is 0.338 e. The number of anilines is 1. The molecule has 13 heteroatoms. The number of benzene rings is 2. The lowest BCUT2D eigenvalue weighted by molar-refractivity contribution is 0.0697. The fraction of sp³-hybridized carbons (Fsp3) is 0.235. The van der Waals surface area contributed by atoms with Crippen LogP contribution in [0.25, 0.3) is 0 Å². The molecule has 2 aromatic rings. The number of carbonyl (C=O) groups is 1. The van der Waals surface area contributed by atoms with Gasteiger partial charge in [-0.3, -0.25) is 4.72 Å². The highest BCUT2D eigenvalue weighted by molar-refractivity contribution is 7.93. The summed E-state index contributed by atoms with van der Waals surface area (Å²) in [6.45, 7) is 0. The van der Waals surface area contributed by atoms with Crippen molar-refractivity contribution in [2.24, 2.45) is 0 Å². The molecule has 0 amide bonds. The van der Waals surface area contributed by atoms with E-state index in [4.69, 9.17) is 14.2 Å². The number of rotatable bonds is 9. The fourth-order valence-electron chi connectivity index (χ4n) is 2.55. The third kappa shape index (κ3) is 4.42. The number of carboxylic acids is 1. The number of hydrogen-bond donors (Lipinski definition) is 3. The summed E-state index contributed by atoms with van der Waals surface area (Å²) in [5.41, 5.74) is -0.878. The molecule has 3 N–H and O–H groups in total. The van der Waals surface area contributed by atoms with Crippen LogP contribution in [0.1, 0.15) is 10.4 Å². The molecule has 0 aliphatic rings. The fourth-order valence-corrected chi connectivity index (χ4v) is 4.53. The predicted octanol–water partition coefficient (Wildman–Crippen LogP) is 1.12. The van der Waals surface area contributed by atoms with E-state index in [2.05, 4.69) is 9.44 Å². The van der Waals surface area contributed by atoms with Crippen molar-refractivity contribution in [2.45, 2.75) is 9.79 Å². The molecule has 0 heterocycles. The smallest absolute Gasteiger partial charge is 0.338 e. The van der Waals surface area contributed by atoms with Crippen LogP contribution in [-0.4, -0.2) is 56.3 Å². The number of hydrogen-bond acceptors (Lipinski definition) is 8. The molecule has 164 valence electrons. The Morgan fingerprint density at radius 3 is 1.93 bits per heavy atom. The SMILES string of the molecule is CNS(=O)(=O)c1cccc(S(=O)(=O)Nc2c(C(=O)O)cc(OC)c(OC)c2OC)c1. The van der Waals surface area contributed by atoms with Gasteiger partial charge < -0.3 is 19.3 Å². The van der Waals surface area contributed by atoms with E-state index in [0.717, 1.165) is 18.2 Å². The van der Waals surface area contributed by atoms with E-state index in [1.165, 1.54) is 40.5 Å². The number of sulfonamides is 2. The quantitative estimate of drug-likeness (QED) is 0.499. The molecule has 0 bridgehead atoms. The second kappa shape index (κ2) is 8.77. The molecule has 0 aliphatic carbocycles. The van der Waals surface area contributed by atoms with Gasteiger partial charge in [-0.2, -0.15) is 0 Å². The van der Waals surface area contributed by atoms with Gasteiger partial charge in [0.1, 0.15) is 5.69 Å². The van der Waals surface area contributed by atoms with E-state index in [1.54, 1.807) is 0 Å². The van der Waals surface area contributed by atoms with E-state index in [-0.39, 0.29) is 22.1 Å². The van der Waals surface area contributed by atoms with Gasteiger partial charge in [-0.15, -0.1) is 0 Å². The van der Waals surface area contributed by atoms with Crippen molar-refractivity contribution in [3.63, 3.8) is 0 Å². The Morgan fingerprint density at radius 2 is 1.47 bits per heavy atom. The monoisotopic (exact) mass is 460 g/mol. The Morgan fingerprint density at radius 1 is 0.900 bits per heavy atom. The summed E-state index contributed by atoms with van der Waals surface area (Å²) in [7, 11) is -3.40. The first-order chi connectivity index (χ1) is 14.0. The first-order valence-electron chi connectivity index (χ1n) is 8.15. The molecule has 0 atom stereocenters. The Kier molecular flexibility index (Phi) is 6.80. The highest BCUT2D eigenvalue weighted by Crippen LogP contribution is 2.46. The number of nitrogens with one attached hydrogen (secondary N) is 2. The van der Waals surface area contributed by atoms with Crippen LogP contribution in [-0.2, 0) is 20.0 Å². The Hall–Kier alpha value is -3.03. The summed E-state index contributed by atoms with van der Waals surface area (Å²) in [5, 5.41) is 9.54. The van der Waals surface area contributed by atoms with Crippen molar-refractivity contribution in [3.8, 4) is 17.2 Å². The molecule has 30 heavy (non-hydrogen) atoms. The van der Waals surface area contributed by atoms with Crippen LogP contribution in [0.5, 0.6) is 17.2 Å². The van der Waals surface area contributed by atoms with Crippen LogP contribution >= 0.6 is 0 Å². The third-order valence-corrected chi connectivity index (χ3v) is 6.75. The summed E-state index contributed by atoms with van der Waals surface area (Å²) >= 11 is 0. The van der Waals surface area contributed by atoms with Crippen LogP contribution in [0.4, 0.5) is 5.69 Å². The van der Waals surface area contributed by atoms with Gasteiger partial charge in [0.15, 0.2) is 11.5 Å². The van der Waals surface area contributed by atoms with Crippen LogP contribution in [0, 0.1) is 0 Å². The minimum Gasteiger partial charge on any atom is -0.493 e. The maximum absolute atomic E-state index is 12.9. The lowest BCUT2D eigenvalue weighted by Crippen LogP contribution is -2.20. The average Bonchev–Trinajstić information content (AvgIpc) is 2.72. The largest absolute Gasteiger partial charge is 0.493 e. The summed E-state index contributed by atoms with van der Waals surface area (Å²) in [4.78, 5) is 11.0. The molecule has 11 nitrogen and oxygen atoms in total. The summed E-state index contributed by atoms with van der Waals surface area (Å²) in [5.74, 6) is -1.71.